The van der Waals surface area contributed by atoms with Crippen LogP contribution in [0.4, 0.5) is 0 Å². The van der Waals surface area contributed by atoms with Gasteiger partial charge in [0.1, 0.15) is 6.54 Å². The predicted octanol–water partition coefficient (Wildman–Crippen LogP) is -1.92. The minimum atomic E-state index is -0.875. The lowest BCUT2D eigenvalue weighted by molar-refractivity contribution is -0.697. The van der Waals surface area contributed by atoms with Gasteiger partial charge in [-0.3, -0.25) is 9.59 Å². The van der Waals surface area contributed by atoms with Crippen molar-refractivity contribution in [1.29, 1.82) is 0 Å². The van der Waals surface area contributed by atoms with Gasteiger partial charge in [-0.05, 0) is 6.42 Å². The molecule has 0 radical (unpaired) electrons. The molecule has 112 valence electrons. The Kier molecular flexibility index (Phi) is 9.63. The zero-order valence-electron chi connectivity index (χ0n) is 11.7. The Balaban J connectivity index is 0.00000361. The summed E-state index contributed by atoms with van der Waals surface area (Å²) in [5.41, 5.74) is 0. The molecule has 1 N–H and O–H groups in total. The molecule has 0 unspecified atom stereocenters. The van der Waals surface area contributed by atoms with Crippen LogP contribution in [0.2, 0.25) is 0 Å². The molecule has 1 aromatic rings. The van der Waals surface area contributed by atoms with Gasteiger partial charge < -0.3 is 27.0 Å². The lowest BCUT2D eigenvalue weighted by Gasteiger charge is -2.15. The van der Waals surface area contributed by atoms with E-state index in [1.165, 1.54) is 4.90 Å². The number of hydrogen-bond donors (Lipinski definition) is 1. The molecule has 1 heterocycles. The Morgan fingerprint density at radius 1 is 1.10 bits per heavy atom. The summed E-state index contributed by atoms with van der Waals surface area (Å²) < 4.78 is 2.08. The Morgan fingerprint density at radius 3 is 2.35 bits per heavy atom. The minimum Gasteiger partial charge on any atom is -1.00 e. The van der Waals surface area contributed by atoms with Crippen LogP contribution in [0.3, 0.4) is 0 Å². The molecular weight excluding hydrogens is 324 g/mol. The highest BCUT2D eigenvalue weighted by Gasteiger charge is 2.10. The summed E-state index contributed by atoms with van der Waals surface area (Å²) in [4.78, 5) is 23.6. The third-order valence-electron chi connectivity index (χ3n) is 2.92. The van der Waals surface area contributed by atoms with Crippen LogP contribution in [-0.2, 0) is 16.1 Å². The van der Waals surface area contributed by atoms with Gasteiger partial charge in [0, 0.05) is 38.6 Å². The average Bonchev–Trinajstić information content (AvgIpc) is 2.41. The molecule has 5 nitrogen and oxygen atoms in total. The molecule has 0 saturated carbocycles. The lowest BCUT2D eigenvalue weighted by atomic mass is 10.2. The van der Waals surface area contributed by atoms with E-state index in [0.29, 0.717) is 6.42 Å². The van der Waals surface area contributed by atoms with Gasteiger partial charge in [-0.25, -0.2) is 4.57 Å². The molecule has 1 aromatic heterocycles. The number of hydrogen-bond acceptors (Lipinski definition) is 2. The number of carbonyl (C=O) groups excluding carboxylic acids is 1. The van der Waals surface area contributed by atoms with E-state index in [4.69, 9.17) is 5.11 Å². The lowest BCUT2D eigenvalue weighted by Crippen LogP contribution is -3.00. The molecule has 0 aromatic carbocycles. The number of unbranched alkanes of at least 4 members (excludes halogenated alkanes) is 1. The summed E-state index contributed by atoms with van der Waals surface area (Å²) in [6.45, 7) is 1.18. The van der Waals surface area contributed by atoms with E-state index in [2.05, 4.69) is 4.57 Å². The third-order valence-corrected chi connectivity index (χ3v) is 2.92. The van der Waals surface area contributed by atoms with Crippen LogP contribution in [0.1, 0.15) is 25.7 Å². The van der Waals surface area contributed by atoms with Gasteiger partial charge in [-0.1, -0.05) is 6.07 Å². The van der Waals surface area contributed by atoms with Gasteiger partial charge in [0.2, 0.25) is 5.91 Å². The smallest absolute Gasteiger partial charge is 0.305 e. The Morgan fingerprint density at radius 2 is 1.75 bits per heavy atom. The molecule has 1 rings (SSSR count). The fourth-order valence-electron chi connectivity index (χ4n) is 1.73. The summed E-state index contributed by atoms with van der Waals surface area (Å²) in [7, 11) is 1.65. The number of rotatable bonds is 8. The maximum Gasteiger partial charge on any atom is 0.305 e. The van der Waals surface area contributed by atoms with Gasteiger partial charge >= 0.3 is 5.97 Å². The fourth-order valence-corrected chi connectivity index (χ4v) is 1.73. The maximum absolute atomic E-state index is 11.7. The number of aryl methyl sites for hydroxylation is 1. The molecule has 1 amide bonds. The Bertz CT molecular complexity index is 412. The molecule has 0 aliphatic rings. The van der Waals surface area contributed by atoms with Crippen LogP contribution in [0.15, 0.2) is 30.6 Å². The van der Waals surface area contributed by atoms with Crippen molar-refractivity contribution in [3.05, 3.63) is 30.6 Å². The zero-order valence-corrected chi connectivity index (χ0v) is 13.3. The highest BCUT2D eigenvalue weighted by Crippen LogP contribution is 2.00. The molecule has 0 atom stereocenters. The highest BCUT2D eigenvalue weighted by molar-refractivity contribution is 5.76. The normalized spacial score (nSPS) is 9.65. The fraction of sp³-hybridized carbons (Fsp3) is 0.500. The van der Waals surface area contributed by atoms with Crippen molar-refractivity contribution in [2.75, 3.05) is 13.6 Å². The van der Waals surface area contributed by atoms with Crippen molar-refractivity contribution in [3.8, 4) is 0 Å². The van der Waals surface area contributed by atoms with Crippen LogP contribution in [0.5, 0.6) is 0 Å². The molecule has 0 bridgehead atoms. The molecule has 0 saturated heterocycles. The van der Waals surface area contributed by atoms with Crippen LogP contribution >= 0.6 is 0 Å². The highest BCUT2D eigenvalue weighted by atomic mass is 79.9. The molecule has 0 spiro atoms. The number of aliphatic carboxylic acids is 1. The summed E-state index contributed by atoms with van der Waals surface area (Å²) >= 11 is 0. The molecular formula is C14H21BrN2O3. The van der Waals surface area contributed by atoms with E-state index in [1.54, 1.807) is 7.05 Å². The van der Waals surface area contributed by atoms with E-state index in [1.807, 2.05) is 30.6 Å². The quantitative estimate of drug-likeness (QED) is 0.442. The molecule has 6 heteroatoms. The standard InChI is InChI=1S/C14H20N2O3.BrH/c1-15(12-8-14(18)19)13(17)7-3-6-11-16-9-4-2-5-10-16;/h2,4-5,9-10H,3,6-8,11-12H2,1H3;1H. The van der Waals surface area contributed by atoms with Crippen molar-refractivity contribution in [2.24, 2.45) is 0 Å². The van der Waals surface area contributed by atoms with Gasteiger partial charge in [0.25, 0.3) is 0 Å². The van der Waals surface area contributed by atoms with Gasteiger partial charge in [0.05, 0.1) is 6.42 Å². The van der Waals surface area contributed by atoms with Crippen molar-refractivity contribution in [1.82, 2.24) is 4.90 Å². The Labute approximate surface area is 130 Å². The van der Waals surface area contributed by atoms with Crippen molar-refractivity contribution in [2.45, 2.75) is 32.2 Å². The number of aromatic nitrogens is 1. The van der Waals surface area contributed by atoms with Crippen LogP contribution < -0.4 is 21.5 Å². The van der Waals surface area contributed by atoms with Gasteiger partial charge in [0.15, 0.2) is 12.4 Å². The molecule has 0 aliphatic heterocycles. The maximum atomic E-state index is 11.7. The second-order valence-electron chi connectivity index (χ2n) is 4.53. The second-order valence-corrected chi connectivity index (χ2v) is 4.53. The van der Waals surface area contributed by atoms with E-state index < -0.39 is 5.97 Å². The number of carbonyl (C=O) groups is 2. The van der Waals surface area contributed by atoms with E-state index >= 15 is 0 Å². The first-order valence-corrected chi connectivity index (χ1v) is 6.49. The number of carboxylic acid groups (broad SMARTS) is 1. The Hall–Kier alpha value is -1.43. The first-order valence-electron chi connectivity index (χ1n) is 6.49. The van der Waals surface area contributed by atoms with Gasteiger partial charge in [-0.15, -0.1) is 0 Å². The van der Waals surface area contributed by atoms with Gasteiger partial charge in [-0.2, -0.15) is 0 Å². The van der Waals surface area contributed by atoms with Crippen molar-refractivity contribution in [3.63, 3.8) is 0 Å². The summed E-state index contributed by atoms with van der Waals surface area (Å²) in [6, 6.07) is 5.92. The van der Waals surface area contributed by atoms with Crippen molar-refractivity contribution >= 4 is 11.9 Å². The summed E-state index contributed by atoms with van der Waals surface area (Å²) in [5.74, 6) is -0.862. The summed E-state index contributed by atoms with van der Waals surface area (Å²) in [6.07, 6.45) is 6.23. The zero-order chi connectivity index (χ0) is 14.1. The first-order chi connectivity index (χ1) is 9.09. The van der Waals surface area contributed by atoms with E-state index in [0.717, 1.165) is 19.4 Å². The number of nitrogens with zero attached hydrogens (tertiary/aromatic N) is 2. The second kappa shape index (κ2) is 10.4. The number of pyridine rings is 1. The van der Waals surface area contributed by atoms with E-state index in [-0.39, 0.29) is 35.9 Å². The SMILES string of the molecule is CN(CCC(=O)O)C(=O)CCCC[n+]1ccccc1.[Br-]. The number of amides is 1. The molecule has 0 aliphatic carbocycles. The summed E-state index contributed by atoms with van der Waals surface area (Å²) in [5, 5.41) is 8.54. The largest absolute Gasteiger partial charge is 1.00 e. The number of carboxylic acids is 1. The first kappa shape index (κ1) is 18.6. The monoisotopic (exact) mass is 344 g/mol. The van der Waals surface area contributed by atoms with Crippen molar-refractivity contribution < 1.29 is 36.2 Å². The van der Waals surface area contributed by atoms with Crippen LogP contribution in [-0.4, -0.2) is 35.5 Å². The average molecular weight is 345 g/mol. The minimum absolute atomic E-state index is 0. The predicted molar refractivity (Wildman–Crippen MR) is 70.4 cm³/mol. The van der Waals surface area contributed by atoms with Crippen LogP contribution in [0.25, 0.3) is 0 Å². The topological polar surface area (TPSA) is 61.5 Å². The molecule has 20 heavy (non-hydrogen) atoms. The third kappa shape index (κ3) is 7.89. The van der Waals surface area contributed by atoms with E-state index in [9.17, 15) is 9.59 Å². The van der Waals surface area contributed by atoms with Crippen LogP contribution in [0, 0.1) is 0 Å². The molecule has 0 fully saturated rings. The number of halogens is 1.